The molecule has 0 spiro atoms. The van der Waals surface area contributed by atoms with Gasteiger partial charge in [0, 0.05) is 56.0 Å². The van der Waals surface area contributed by atoms with E-state index in [2.05, 4.69) is 31.5 Å². The number of amides is 2. The number of hydrogen-bond donors (Lipinski definition) is 2. The van der Waals surface area contributed by atoms with Crippen LogP contribution in [0.15, 0.2) is 28.7 Å². The number of carbonyl (C=O) groups excluding carboxylic acids is 2. The van der Waals surface area contributed by atoms with Gasteiger partial charge in [-0.25, -0.2) is 0 Å². The third-order valence-electron chi connectivity index (χ3n) is 4.58. The van der Waals surface area contributed by atoms with Crippen molar-refractivity contribution in [1.29, 1.82) is 0 Å². The maximum atomic E-state index is 12.6. The van der Waals surface area contributed by atoms with Crippen molar-refractivity contribution in [3.05, 3.63) is 28.7 Å². The Morgan fingerprint density at radius 3 is 2.83 bits per heavy atom. The molecule has 1 atom stereocenters. The minimum absolute atomic E-state index is 0.104. The first-order chi connectivity index (χ1) is 11.6. The van der Waals surface area contributed by atoms with Crippen LogP contribution in [0.3, 0.4) is 0 Å². The third kappa shape index (κ3) is 4.15. The van der Waals surface area contributed by atoms with Crippen LogP contribution in [0.4, 0.5) is 5.69 Å². The molecule has 24 heavy (non-hydrogen) atoms. The lowest BCUT2D eigenvalue weighted by Crippen LogP contribution is -2.47. The van der Waals surface area contributed by atoms with Gasteiger partial charge in [-0.3, -0.25) is 14.5 Å². The number of nitrogens with zero attached hydrogens (tertiary/aromatic N) is 2. The van der Waals surface area contributed by atoms with Gasteiger partial charge in [0.15, 0.2) is 0 Å². The minimum Gasteiger partial charge on any atom is -0.354 e. The van der Waals surface area contributed by atoms with Crippen molar-refractivity contribution < 1.29 is 9.59 Å². The summed E-state index contributed by atoms with van der Waals surface area (Å²) < 4.78 is 0.928. The summed E-state index contributed by atoms with van der Waals surface area (Å²) in [4.78, 5) is 28.9. The zero-order valence-corrected chi connectivity index (χ0v) is 15.2. The maximum Gasteiger partial charge on any atom is 0.239 e. The topological polar surface area (TPSA) is 64.7 Å². The lowest BCUT2D eigenvalue weighted by Gasteiger charge is -2.27. The van der Waals surface area contributed by atoms with E-state index in [4.69, 9.17) is 0 Å². The van der Waals surface area contributed by atoms with Crippen LogP contribution in [0.2, 0.25) is 0 Å². The molecule has 130 valence electrons. The van der Waals surface area contributed by atoms with Crippen molar-refractivity contribution in [2.24, 2.45) is 5.92 Å². The smallest absolute Gasteiger partial charge is 0.239 e. The molecule has 2 aliphatic heterocycles. The molecule has 3 rings (SSSR count). The van der Waals surface area contributed by atoms with Crippen LogP contribution in [-0.4, -0.2) is 62.5 Å². The standard InChI is InChI=1S/C17H23BrN4O2/c18-13-2-1-3-14(12-13)22-8-4-15(17(22)24)16(23)20-7-11-21-9-5-19-6-10-21/h1-3,12,15,19H,4-11H2,(H,20,23). The molecule has 1 unspecified atom stereocenters. The minimum atomic E-state index is -0.563. The Hall–Kier alpha value is -1.44. The number of carbonyl (C=O) groups is 2. The molecule has 2 N–H and O–H groups in total. The second kappa shape index (κ2) is 8.09. The summed E-state index contributed by atoms with van der Waals surface area (Å²) in [6.07, 6.45) is 0.574. The van der Waals surface area contributed by atoms with Gasteiger partial charge in [-0.15, -0.1) is 0 Å². The zero-order chi connectivity index (χ0) is 16.9. The van der Waals surface area contributed by atoms with E-state index in [9.17, 15) is 9.59 Å². The average molecular weight is 395 g/mol. The van der Waals surface area contributed by atoms with E-state index in [1.807, 2.05) is 24.3 Å². The molecular weight excluding hydrogens is 372 g/mol. The van der Waals surface area contributed by atoms with Crippen molar-refractivity contribution in [3.63, 3.8) is 0 Å². The molecule has 6 nitrogen and oxygen atoms in total. The molecule has 2 amide bonds. The van der Waals surface area contributed by atoms with Gasteiger partial charge in [-0.05, 0) is 24.6 Å². The lowest BCUT2D eigenvalue weighted by molar-refractivity contribution is -0.132. The molecular formula is C17H23BrN4O2. The molecule has 2 fully saturated rings. The zero-order valence-electron chi connectivity index (χ0n) is 13.6. The number of halogens is 1. The molecule has 2 heterocycles. The fraction of sp³-hybridized carbons (Fsp3) is 0.529. The van der Waals surface area contributed by atoms with E-state index in [-0.39, 0.29) is 11.8 Å². The average Bonchev–Trinajstić information content (AvgIpc) is 2.97. The lowest BCUT2D eigenvalue weighted by atomic mass is 10.1. The monoisotopic (exact) mass is 394 g/mol. The van der Waals surface area contributed by atoms with E-state index < -0.39 is 5.92 Å². The number of hydrogen-bond acceptors (Lipinski definition) is 4. The predicted octanol–water partition coefficient (Wildman–Crippen LogP) is 0.823. The molecule has 0 radical (unpaired) electrons. The fourth-order valence-electron chi connectivity index (χ4n) is 3.22. The number of piperazine rings is 1. The molecule has 1 aromatic carbocycles. The van der Waals surface area contributed by atoms with Crippen LogP contribution in [0.5, 0.6) is 0 Å². The van der Waals surface area contributed by atoms with Crippen LogP contribution in [0.1, 0.15) is 6.42 Å². The molecule has 1 aromatic rings. The Bertz CT molecular complexity index is 604. The Kier molecular flexibility index (Phi) is 5.86. The Labute approximate surface area is 150 Å². The first-order valence-corrected chi connectivity index (χ1v) is 9.22. The first-order valence-electron chi connectivity index (χ1n) is 8.43. The maximum absolute atomic E-state index is 12.6. The molecule has 0 aromatic heterocycles. The van der Waals surface area contributed by atoms with Gasteiger partial charge in [0.25, 0.3) is 0 Å². The summed E-state index contributed by atoms with van der Waals surface area (Å²) in [6, 6.07) is 7.62. The van der Waals surface area contributed by atoms with Crippen molar-refractivity contribution in [3.8, 4) is 0 Å². The van der Waals surface area contributed by atoms with E-state index in [1.165, 1.54) is 0 Å². The summed E-state index contributed by atoms with van der Waals surface area (Å²) in [5.41, 5.74) is 0.838. The SMILES string of the molecule is O=C(NCCN1CCNCC1)C1CCN(c2cccc(Br)c2)C1=O. The van der Waals surface area contributed by atoms with Gasteiger partial charge in [-0.1, -0.05) is 22.0 Å². The molecule has 7 heteroatoms. The van der Waals surface area contributed by atoms with Crippen LogP contribution in [-0.2, 0) is 9.59 Å². The van der Waals surface area contributed by atoms with Gasteiger partial charge < -0.3 is 15.5 Å². The van der Waals surface area contributed by atoms with E-state index in [0.29, 0.717) is 19.5 Å². The van der Waals surface area contributed by atoms with Crippen molar-refractivity contribution >= 4 is 33.4 Å². The second-order valence-corrected chi connectivity index (χ2v) is 7.11. The predicted molar refractivity (Wildman–Crippen MR) is 96.9 cm³/mol. The Balaban J connectivity index is 1.50. The third-order valence-corrected chi connectivity index (χ3v) is 5.07. The summed E-state index contributed by atoms with van der Waals surface area (Å²) >= 11 is 3.42. The second-order valence-electron chi connectivity index (χ2n) is 6.19. The van der Waals surface area contributed by atoms with Crippen molar-refractivity contribution in [2.45, 2.75) is 6.42 Å². The fourth-order valence-corrected chi connectivity index (χ4v) is 3.61. The molecule has 0 bridgehead atoms. The molecule has 2 aliphatic rings. The van der Waals surface area contributed by atoms with Crippen LogP contribution in [0, 0.1) is 5.92 Å². The number of nitrogens with one attached hydrogen (secondary N) is 2. The van der Waals surface area contributed by atoms with Crippen LogP contribution < -0.4 is 15.5 Å². The highest BCUT2D eigenvalue weighted by Crippen LogP contribution is 2.27. The summed E-state index contributed by atoms with van der Waals surface area (Å²) in [7, 11) is 0. The quantitative estimate of drug-likeness (QED) is 0.725. The first kappa shape index (κ1) is 17.4. The van der Waals surface area contributed by atoms with E-state index in [0.717, 1.165) is 42.9 Å². The molecule has 0 aliphatic carbocycles. The van der Waals surface area contributed by atoms with Crippen LogP contribution >= 0.6 is 15.9 Å². The highest BCUT2D eigenvalue weighted by molar-refractivity contribution is 9.10. The van der Waals surface area contributed by atoms with Gasteiger partial charge in [-0.2, -0.15) is 0 Å². The number of rotatable bonds is 5. The molecule has 0 saturated carbocycles. The Morgan fingerprint density at radius 1 is 1.29 bits per heavy atom. The van der Waals surface area contributed by atoms with Crippen molar-refractivity contribution in [2.75, 3.05) is 50.7 Å². The number of benzene rings is 1. The van der Waals surface area contributed by atoms with E-state index in [1.54, 1.807) is 4.90 Å². The van der Waals surface area contributed by atoms with E-state index >= 15 is 0 Å². The summed E-state index contributed by atoms with van der Waals surface area (Å²) in [5, 5.41) is 6.23. The van der Waals surface area contributed by atoms with Gasteiger partial charge in [0.05, 0.1) is 0 Å². The largest absolute Gasteiger partial charge is 0.354 e. The van der Waals surface area contributed by atoms with Crippen molar-refractivity contribution in [1.82, 2.24) is 15.5 Å². The molecule has 2 saturated heterocycles. The highest BCUT2D eigenvalue weighted by atomic mass is 79.9. The Morgan fingerprint density at radius 2 is 2.08 bits per heavy atom. The van der Waals surface area contributed by atoms with Gasteiger partial charge in [0.1, 0.15) is 5.92 Å². The number of anilines is 1. The summed E-state index contributed by atoms with van der Waals surface area (Å²) in [6.45, 7) is 6.03. The normalized spacial score (nSPS) is 22.0. The highest BCUT2D eigenvalue weighted by Gasteiger charge is 2.37. The van der Waals surface area contributed by atoms with Gasteiger partial charge in [0.2, 0.25) is 11.8 Å². The van der Waals surface area contributed by atoms with Gasteiger partial charge >= 0.3 is 0 Å². The van der Waals surface area contributed by atoms with Crippen LogP contribution in [0.25, 0.3) is 0 Å². The summed E-state index contributed by atoms with van der Waals surface area (Å²) in [5.74, 6) is -0.813.